The van der Waals surface area contributed by atoms with Crippen LogP contribution >= 0.6 is 0 Å². The molecule has 0 radical (unpaired) electrons. The third-order valence-electron chi connectivity index (χ3n) is 3.87. The Kier molecular flexibility index (Phi) is 8.84. The third-order valence-corrected chi connectivity index (χ3v) is 5.46. The second-order valence-corrected chi connectivity index (χ2v) is 8.42. The van der Waals surface area contributed by atoms with Gasteiger partial charge in [-0.05, 0) is 18.2 Å². The van der Waals surface area contributed by atoms with E-state index >= 15 is 0 Å². The zero-order valence-corrected chi connectivity index (χ0v) is 17.3. The van der Waals surface area contributed by atoms with E-state index in [0.29, 0.717) is 5.69 Å². The predicted octanol–water partition coefficient (Wildman–Crippen LogP) is 1.43. The Morgan fingerprint density at radius 1 is 1.19 bits per heavy atom. The van der Waals surface area contributed by atoms with Gasteiger partial charge in [0.05, 0.1) is 29.5 Å². The van der Waals surface area contributed by atoms with E-state index in [9.17, 15) is 26.8 Å². The molecule has 1 aromatic carbocycles. The lowest BCUT2D eigenvalue weighted by molar-refractivity contribution is -0.122. The van der Waals surface area contributed by atoms with Gasteiger partial charge in [-0.25, -0.2) is 13.2 Å². The van der Waals surface area contributed by atoms with Crippen LogP contribution < -0.4 is 20.7 Å². The maximum atomic E-state index is 12.7. The van der Waals surface area contributed by atoms with Gasteiger partial charge in [0.25, 0.3) is 0 Å². The maximum absolute atomic E-state index is 12.7. The number of amides is 3. The van der Waals surface area contributed by atoms with Gasteiger partial charge in [-0.15, -0.1) is 0 Å². The molecule has 32 heavy (non-hydrogen) atoms. The number of sulfone groups is 1. The summed E-state index contributed by atoms with van der Waals surface area (Å²) in [5.74, 6) is -2.80. The average molecular weight is 467 g/mol. The van der Waals surface area contributed by atoms with Crippen molar-refractivity contribution in [3.63, 3.8) is 0 Å². The summed E-state index contributed by atoms with van der Waals surface area (Å²) in [6.07, 6.45) is 2.81. The van der Waals surface area contributed by atoms with Gasteiger partial charge >= 0.3 is 12.6 Å². The summed E-state index contributed by atoms with van der Waals surface area (Å²) in [5.41, 5.74) is 0.255. The molecule has 10 nitrogen and oxygen atoms in total. The van der Waals surface area contributed by atoms with Crippen LogP contribution in [0.4, 0.5) is 19.3 Å². The minimum Gasteiger partial charge on any atom is -0.435 e. The van der Waals surface area contributed by atoms with Crippen LogP contribution in [0, 0.1) is 11.3 Å². The van der Waals surface area contributed by atoms with Crippen molar-refractivity contribution in [3.8, 4) is 11.8 Å². The Balaban J connectivity index is 2.16. The van der Waals surface area contributed by atoms with Gasteiger partial charge < -0.3 is 20.7 Å². The number of para-hydroxylation sites is 1. The van der Waals surface area contributed by atoms with Crippen molar-refractivity contribution in [2.75, 3.05) is 17.6 Å². The summed E-state index contributed by atoms with van der Waals surface area (Å²) >= 11 is 0. The largest absolute Gasteiger partial charge is 0.435 e. The highest BCUT2D eigenvalue weighted by Gasteiger charge is 2.28. The molecule has 0 aliphatic heterocycles. The summed E-state index contributed by atoms with van der Waals surface area (Å²) < 4.78 is 54.9. The summed E-state index contributed by atoms with van der Waals surface area (Å²) in [7, 11) is -4.10. The Morgan fingerprint density at radius 2 is 1.94 bits per heavy atom. The number of ether oxygens (including phenoxy) is 1. The number of nitriles is 1. The molecule has 1 unspecified atom stereocenters. The third kappa shape index (κ3) is 8.15. The second-order valence-electron chi connectivity index (χ2n) is 6.31. The smallest absolute Gasteiger partial charge is 0.387 e. The van der Waals surface area contributed by atoms with Crippen LogP contribution in [0.15, 0.2) is 48.8 Å². The van der Waals surface area contributed by atoms with E-state index in [0.717, 1.165) is 0 Å². The first-order chi connectivity index (χ1) is 15.2. The van der Waals surface area contributed by atoms with E-state index in [1.807, 2.05) is 0 Å². The lowest BCUT2D eigenvalue weighted by atomic mass is 10.2. The number of nitrogens with zero attached hydrogens (tertiary/aromatic N) is 2. The number of alkyl halides is 2. The molecule has 2 rings (SSSR count). The van der Waals surface area contributed by atoms with Crippen molar-refractivity contribution in [3.05, 3.63) is 54.4 Å². The minimum atomic E-state index is -4.10. The van der Waals surface area contributed by atoms with Gasteiger partial charge in [0.1, 0.15) is 18.3 Å². The van der Waals surface area contributed by atoms with Crippen LogP contribution in [-0.4, -0.2) is 50.3 Å². The Morgan fingerprint density at radius 3 is 2.59 bits per heavy atom. The molecule has 0 spiro atoms. The van der Waals surface area contributed by atoms with Crippen molar-refractivity contribution < 1.29 is 31.5 Å². The SMILES string of the molecule is N#CCNC(=O)C(CS(=O)(=O)Cc1ccccc1OC(F)F)NC(=O)Nc1cccnc1. The molecule has 1 heterocycles. The first-order valence-electron chi connectivity index (χ1n) is 9.05. The molecule has 0 saturated carbocycles. The molecule has 1 atom stereocenters. The molecule has 13 heteroatoms. The Hall–Kier alpha value is -3.79. The summed E-state index contributed by atoms with van der Waals surface area (Å²) in [6.45, 7) is -3.56. The number of nitrogens with one attached hydrogen (secondary N) is 3. The van der Waals surface area contributed by atoms with E-state index < -0.39 is 52.5 Å². The Bertz CT molecular complexity index is 1080. The van der Waals surface area contributed by atoms with Crippen LogP contribution in [0.5, 0.6) is 5.75 Å². The highest BCUT2D eigenvalue weighted by molar-refractivity contribution is 7.90. The van der Waals surface area contributed by atoms with Crippen molar-refractivity contribution in [1.82, 2.24) is 15.6 Å². The molecule has 2 aromatic rings. The van der Waals surface area contributed by atoms with Crippen LogP contribution in [-0.2, 0) is 20.4 Å². The normalized spacial score (nSPS) is 11.8. The molecule has 0 saturated heterocycles. The summed E-state index contributed by atoms with van der Waals surface area (Å²) in [4.78, 5) is 28.4. The van der Waals surface area contributed by atoms with Gasteiger partial charge in [0.2, 0.25) is 5.91 Å². The van der Waals surface area contributed by atoms with E-state index in [-0.39, 0.29) is 11.3 Å². The van der Waals surface area contributed by atoms with Crippen molar-refractivity contribution in [2.45, 2.75) is 18.4 Å². The van der Waals surface area contributed by atoms with Gasteiger partial charge in [-0.3, -0.25) is 9.78 Å². The summed E-state index contributed by atoms with van der Waals surface area (Å²) in [5, 5.41) is 15.4. The van der Waals surface area contributed by atoms with E-state index in [4.69, 9.17) is 5.26 Å². The number of halogens is 2. The minimum absolute atomic E-state index is 0.0382. The number of aromatic nitrogens is 1. The second kappa shape index (κ2) is 11.6. The number of urea groups is 1. The molecule has 0 aliphatic carbocycles. The molecular weight excluding hydrogens is 448 g/mol. The number of hydrogen-bond acceptors (Lipinski definition) is 7. The molecule has 170 valence electrons. The first kappa shape index (κ1) is 24.5. The Labute approximate surface area is 182 Å². The first-order valence-corrected chi connectivity index (χ1v) is 10.9. The van der Waals surface area contributed by atoms with Gasteiger partial charge in [0, 0.05) is 11.8 Å². The maximum Gasteiger partial charge on any atom is 0.387 e. The van der Waals surface area contributed by atoms with Crippen molar-refractivity contribution in [1.29, 1.82) is 5.26 Å². The van der Waals surface area contributed by atoms with E-state index in [2.05, 4.69) is 25.7 Å². The number of carbonyl (C=O) groups is 2. The van der Waals surface area contributed by atoms with Crippen LogP contribution in [0.2, 0.25) is 0 Å². The zero-order valence-electron chi connectivity index (χ0n) is 16.5. The molecule has 0 aliphatic rings. The predicted molar refractivity (Wildman–Crippen MR) is 109 cm³/mol. The van der Waals surface area contributed by atoms with Gasteiger partial charge in [-0.2, -0.15) is 14.0 Å². The lowest BCUT2D eigenvalue weighted by Gasteiger charge is -2.19. The van der Waals surface area contributed by atoms with E-state index in [1.165, 1.54) is 42.7 Å². The van der Waals surface area contributed by atoms with Gasteiger partial charge in [-0.1, -0.05) is 18.2 Å². The number of hydrogen-bond donors (Lipinski definition) is 3. The van der Waals surface area contributed by atoms with Crippen molar-refractivity contribution in [2.24, 2.45) is 0 Å². The number of carbonyl (C=O) groups excluding carboxylic acids is 2. The molecule has 3 N–H and O–H groups in total. The molecule has 3 amide bonds. The van der Waals surface area contributed by atoms with Crippen LogP contribution in [0.25, 0.3) is 0 Å². The standard InChI is InChI=1S/C19H19F2N5O5S/c20-18(21)31-16-6-2-1-4-13(16)11-32(29,30)12-15(17(27)24-9-7-22)26-19(28)25-14-5-3-8-23-10-14/h1-6,8,10,15,18H,9,11-12H2,(H,24,27)(H2,25,26,28). The fraction of sp³-hybridized carbons (Fsp3) is 0.263. The fourth-order valence-electron chi connectivity index (χ4n) is 2.58. The number of benzene rings is 1. The van der Waals surface area contributed by atoms with E-state index in [1.54, 1.807) is 12.1 Å². The number of anilines is 1. The highest BCUT2D eigenvalue weighted by Crippen LogP contribution is 2.23. The highest BCUT2D eigenvalue weighted by atomic mass is 32.2. The lowest BCUT2D eigenvalue weighted by Crippen LogP contribution is -2.51. The average Bonchev–Trinajstić information content (AvgIpc) is 2.73. The van der Waals surface area contributed by atoms with Crippen LogP contribution in [0.1, 0.15) is 5.56 Å². The topological polar surface area (TPSA) is 150 Å². The fourth-order valence-corrected chi connectivity index (χ4v) is 4.15. The quantitative estimate of drug-likeness (QED) is 0.447. The van der Waals surface area contributed by atoms with Crippen molar-refractivity contribution >= 4 is 27.5 Å². The summed E-state index contributed by atoms with van der Waals surface area (Å²) in [6, 6.07) is 7.62. The number of pyridine rings is 1. The molecular formula is C19H19F2N5O5S. The number of rotatable bonds is 10. The van der Waals surface area contributed by atoms with Gasteiger partial charge in [0.15, 0.2) is 9.84 Å². The molecule has 1 aromatic heterocycles. The monoisotopic (exact) mass is 467 g/mol. The van der Waals surface area contributed by atoms with Crippen LogP contribution in [0.3, 0.4) is 0 Å². The molecule has 0 bridgehead atoms. The molecule has 0 fully saturated rings. The zero-order chi connectivity index (χ0) is 23.6.